The maximum atomic E-state index is 6.14. The fourth-order valence-corrected chi connectivity index (χ4v) is 3.94. The summed E-state index contributed by atoms with van der Waals surface area (Å²) < 4.78 is 11.9. The lowest BCUT2D eigenvalue weighted by Gasteiger charge is -2.32. The van der Waals surface area contributed by atoms with Crippen LogP contribution in [0.15, 0.2) is 24.3 Å². The molecular weight excluding hydrogens is 300 g/mol. The van der Waals surface area contributed by atoms with Crippen LogP contribution in [0.5, 0.6) is 5.75 Å². The molecule has 0 radical (unpaired) electrons. The third-order valence-electron chi connectivity index (χ3n) is 5.30. The molecule has 134 valence electrons. The summed E-state index contributed by atoms with van der Waals surface area (Å²) in [5.74, 6) is 1.71. The lowest BCUT2D eigenvalue weighted by Crippen LogP contribution is -2.35. The Kier molecular flexibility index (Phi) is 6.01. The largest absolute Gasteiger partial charge is 0.490 e. The minimum Gasteiger partial charge on any atom is -0.490 e. The number of hydrogen-bond acceptors (Lipinski definition) is 4. The van der Waals surface area contributed by atoms with Crippen molar-refractivity contribution in [3.63, 3.8) is 0 Å². The summed E-state index contributed by atoms with van der Waals surface area (Å²) in [7, 11) is 0. The SMILES string of the molecule is CC1CC(Oc2ccc(NCC3CCC(N)CC3)cc2)CC(C)O1. The summed E-state index contributed by atoms with van der Waals surface area (Å²) >= 11 is 0. The fraction of sp³-hybridized carbons (Fsp3) is 0.700. The topological polar surface area (TPSA) is 56.5 Å². The number of nitrogens with one attached hydrogen (secondary N) is 1. The van der Waals surface area contributed by atoms with Gasteiger partial charge < -0.3 is 20.5 Å². The van der Waals surface area contributed by atoms with Crippen LogP contribution < -0.4 is 15.8 Å². The predicted molar refractivity (Wildman–Crippen MR) is 98.5 cm³/mol. The summed E-state index contributed by atoms with van der Waals surface area (Å²) in [6, 6.07) is 8.81. The molecule has 1 heterocycles. The van der Waals surface area contributed by atoms with E-state index in [-0.39, 0.29) is 18.3 Å². The Morgan fingerprint density at radius 1 is 1.04 bits per heavy atom. The average Bonchev–Trinajstić information content (AvgIpc) is 2.55. The van der Waals surface area contributed by atoms with E-state index >= 15 is 0 Å². The number of nitrogens with two attached hydrogens (primary N) is 1. The van der Waals surface area contributed by atoms with Crippen molar-refractivity contribution < 1.29 is 9.47 Å². The normalized spacial score (nSPS) is 33.9. The lowest BCUT2D eigenvalue weighted by molar-refractivity contribution is -0.0721. The molecule has 4 heteroatoms. The standard InChI is InChI=1S/C20H32N2O2/c1-14-11-20(12-15(2)23-14)24-19-9-7-18(8-10-19)22-13-16-3-5-17(21)6-4-16/h7-10,14-17,20,22H,3-6,11-13,21H2,1-2H3. The predicted octanol–water partition coefficient (Wildman–Crippen LogP) is 3.95. The molecule has 4 nitrogen and oxygen atoms in total. The first-order chi connectivity index (χ1) is 11.6. The third-order valence-corrected chi connectivity index (χ3v) is 5.30. The summed E-state index contributed by atoms with van der Waals surface area (Å²) in [4.78, 5) is 0. The van der Waals surface area contributed by atoms with Crippen molar-refractivity contribution in [3.05, 3.63) is 24.3 Å². The monoisotopic (exact) mass is 332 g/mol. The van der Waals surface area contributed by atoms with Crippen LogP contribution in [0.3, 0.4) is 0 Å². The summed E-state index contributed by atoms with van der Waals surface area (Å²) in [6.45, 7) is 5.29. The molecule has 1 aliphatic carbocycles. The number of benzene rings is 1. The molecule has 1 saturated carbocycles. The first-order valence-corrected chi connectivity index (χ1v) is 9.50. The smallest absolute Gasteiger partial charge is 0.119 e. The van der Waals surface area contributed by atoms with Gasteiger partial charge in [0.15, 0.2) is 0 Å². The molecule has 2 unspecified atom stereocenters. The van der Waals surface area contributed by atoms with Crippen molar-refractivity contribution in [2.75, 3.05) is 11.9 Å². The van der Waals surface area contributed by atoms with Crippen molar-refractivity contribution in [1.29, 1.82) is 0 Å². The van der Waals surface area contributed by atoms with Crippen LogP contribution >= 0.6 is 0 Å². The second kappa shape index (κ2) is 8.21. The van der Waals surface area contributed by atoms with Crippen LogP contribution in [0.1, 0.15) is 52.4 Å². The van der Waals surface area contributed by atoms with Crippen molar-refractivity contribution >= 4 is 5.69 Å². The Bertz CT molecular complexity index is 487. The van der Waals surface area contributed by atoms with E-state index in [0.29, 0.717) is 6.04 Å². The number of rotatable bonds is 5. The van der Waals surface area contributed by atoms with E-state index in [4.69, 9.17) is 15.2 Å². The summed E-state index contributed by atoms with van der Waals surface area (Å²) in [5.41, 5.74) is 7.14. The van der Waals surface area contributed by atoms with Crippen LogP contribution in [-0.4, -0.2) is 30.9 Å². The van der Waals surface area contributed by atoms with Crippen LogP contribution in [-0.2, 0) is 4.74 Å². The van der Waals surface area contributed by atoms with Gasteiger partial charge in [-0.1, -0.05) is 0 Å². The van der Waals surface area contributed by atoms with Crippen molar-refractivity contribution in [2.45, 2.75) is 76.7 Å². The number of hydrogen-bond donors (Lipinski definition) is 2. The zero-order chi connectivity index (χ0) is 16.9. The van der Waals surface area contributed by atoms with Gasteiger partial charge in [0.2, 0.25) is 0 Å². The number of anilines is 1. The molecule has 1 saturated heterocycles. The summed E-state index contributed by atoms with van der Waals surface area (Å²) in [5, 5.41) is 3.56. The molecule has 2 fully saturated rings. The molecule has 2 aliphatic rings. The zero-order valence-corrected chi connectivity index (χ0v) is 15.0. The maximum absolute atomic E-state index is 6.14. The van der Waals surface area contributed by atoms with E-state index in [1.165, 1.54) is 31.4 Å². The van der Waals surface area contributed by atoms with Crippen molar-refractivity contribution in [3.8, 4) is 5.75 Å². The summed E-state index contributed by atoms with van der Waals surface area (Å²) in [6.07, 6.45) is 7.58. The van der Waals surface area contributed by atoms with Gasteiger partial charge in [0.1, 0.15) is 11.9 Å². The maximum Gasteiger partial charge on any atom is 0.119 e. The van der Waals surface area contributed by atoms with E-state index in [1.54, 1.807) is 0 Å². The van der Waals surface area contributed by atoms with Crippen LogP contribution in [0.4, 0.5) is 5.69 Å². The molecule has 0 amide bonds. The first-order valence-electron chi connectivity index (χ1n) is 9.50. The molecule has 1 aliphatic heterocycles. The van der Waals surface area contributed by atoms with E-state index in [1.807, 2.05) is 0 Å². The van der Waals surface area contributed by atoms with E-state index in [9.17, 15) is 0 Å². The van der Waals surface area contributed by atoms with Gasteiger partial charge in [0.25, 0.3) is 0 Å². The second-order valence-corrected chi connectivity index (χ2v) is 7.65. The molecule has 24 heavy (non-hydrogen) atoms. The fourth-order valence-electron chi connectivity index (χ4n) is 3.94. The van der Waals surface area contributed by atoms with Crippen LogP contribution in [0.25, 0.3) is 0 Å². The Labute approximate surface area is 146 Å². The van der Waals surface area contributed by atoms with Gasteiger partial charge in [-0.15, -0.1) is 0 Å². The Morgan fingerprint density at radius 2 is 1.67 bits per heavy atom. The highest BCUT2D eigenvalue weighted by molar-refractivity contribution is 5.46. The molecule has 1 aromatic carbocycles. The van der Waals surface area contributed by atoms with Crippen LogP contribution in [0, 0.1) is 5.92 Å². The number of ether oxygens (including phenoxy) is 2. The highest BCUT2D eigenvalue weighted by atomic mass is 16.5. The van der Waals surface area contributed by atoms with Crippen molar-refractivity contribution in [1.82, 2.24) is 0 Å². The quantitative estimate of drug-likeness (QED) is 0.857. The molecule has 1 aromatic rings. The average molecular weight is 332 g/mol. The Balaban J connectivity index is 1.45. The van der Waals surface area contributed by atoms with Crippen molar-refractivity contribution in [2.24, 2.45) is 11.7 Å². The molecule has 0 aromatic heterocycles. The zero-order valence-electron chi connectivity index (χ0n) is 15.0. The van der Waals surface area contributed by atoms with Gasteiger partial charge in [0.05, 0.1) is 12.2 Å². The Hall–Kier alpha value is -1.26. The lowest BCUT2D eigenvalue weighted by atomic mass is 9.86. The van der Waals surface area contributed by atoms with Gasteiger partial charge >= 0.3 is 0 Å². The minimum atomic E-state index is 0.258. The first kappa shape index (κ1) is 17.6. The van der Waals surface area contributed by atoms with E-state index in [0.717, 1.165) is 31.1 Å². The minimum absolute atomic E-state index is 0.258. The second-order valence-electron chi connectivity index (χ2n) is 7.65. The molecule has 3 rings (SSSR count). The molecular formula is C20H32N2O2. The molecule has 2 atom stereocenters. The third kappa shape index (κ3) is 5.12. The van der Waals surface area contributed by atoms with Gasteiger partial charge in [-0.2, -0.15) is 0 Å². The van der Waals surface area contributed by atoms with E-state index < -0.39 is 0 Å². The van der Waals surface area contributed by atoms with E-state index in [2.05, 4.69) is 43.4 Å². The highest BCUT2D eigenvalue weighted by Gasteiger charge is 2.25. The van der Waals surface area contributed by atoms with Gasteiger partial charge in [-0.05, 0) is 69.7 Å². The van der Waals surface area contributed by atoms with Gasteiger partial charge in [0, 0.05) is 31.1 Å². The molecule has 0 spiro atoms. The van der Waals surface area contributed by atoms with Gasteiger partial charge in [-0.3, -0.25) is 0 Å². The Morgan fingerprint density at radius 3 is 2.29 bits per heavy atom. The highest BCUT2D eigenvalue weighted by Crippen LogP contribution is 2.26. The van der Waals surface area contributed by atoms with Crippen LogP contribution in [0.2, 0.25) is 0 Å². The molecule has 3 N–H and O–H groups in total. The van der Waals surface area contributed by atoms with Gasteiger partial charge in [-0.25, -0.2) is 0 Å². The molecule has 0 bridgehead atoms.